The van der Waals surface area contributed by atoms with Crippen LogP contribution < -0.4 is 4.90 Å². The minimum Gasteiger partial charge on any atom is -0.367 e. The van der Waals surface area contributed by atoms with Gasteiger partial charge in [0, 0.05) is 36.5 Å². The molecule has 0 amide bonds. The van der Waals surface area contributed by atoms with Gasteiger partial charge in [-0.3, -0.25) is 10.1 Å². The van der Waals surface area contributed by atoms with Gasteiger partial charge in [0.1, 0.15) is 11.1 Å². The highest BCUT2D eigenvalue weighted by Crippen LogP contribution is 2.33. The van der Waals surface area contributed by atoms with Crippen molar-refractivity contribution in [3.05, 3.63) is 44.9 Å². The standard InChI is InChI=1S/C14H15N3O5S2/c1-24(20,21)13-8-10(17(18)19)2-3-11(13)16-5-6-22-12(9-16)14-15-4-7-23-14/h2-4,7-8,12H,5-6,9H2,1H3. The second-order valence-corrected chi connectivity index (χ2v) is 8.27. The zero-order valence-corrected chi connectivity index (χ0v) is 14.4. The predicted molar refractivity (Wildman–Crippen MR) is 89.2 cm³/mol. The number of nitrogens with zero attached hydrogens (tertiary/aromatic N) is 3. The fourth-order valence-corrected chi connectivity index (χ4v) is 4.17. The topological polar surface area (TPSA) is 103 Å². The number of non-ortho nitro benzene ring substituents is 1. The summed E-state index contributed by atoms with van der Waals surface area (Å²) in [5.74, 6) is 0. The van der Waals surface area contributed by atoms with E-state index in [0.29, 0.717) is 25.4 Å². The largest absolute Gasteiger partial charge is 0.367 e. The first-order valence-electron chi connectivity index (χ1n) is 7.10. The molecule has 0 radical (unpaired) electrons. The number of thiazole rings is 1. The maximum Gasteiger partial charge on any atom is 0.270 e. The van der Waals surface area contributed by atoms with Crippen LogP contribution in [0.4, 0.5) is 11.4 Å². The minimum absolute atomic E-state index is 0.0449. The molecule has 2 heterocycles. The molecule has 2 aromatic rings. The van der Waals surface area contributed by atoms with Crippen LogP contribution in [0.3, 0.4) is 0 Å². The number of nitro groups is 1. The molecule has 1 aliphatic rings. The van der Waals surface area contributed by atoms with Crippen molar-refractivity contribution >= 4 is 32.5 Å². The number of benzene rings is 1. The zero-order valence-electron chi connectivity index (χ0n) is 12.8. The monoisotopic (exact) mass is 369 g/mol. The minimum atomic E-state index is -3.61. The fraction of sp³-hybridized carbons (Fsp3) is 0.357. The van der Waals surface area contributed by atoms with Crippen LogP contribution in [0, 0.1) is 10.1 Å². The summed E-state index contributed by atoms with van der Waals surface area (Å²) in [6, 6.07) is 3.91. The molecule has 1 saturated heterocycles. The van der Waals surface area contributed by atoms with Gasteiger partial charge in [0.2, 0.25) is 0 Å². The first-order chi connectivity index (χ1) is 11.4. The summed E-state index contributed by atoms with van der Waals surface area (Å²) >= 11 is 1.47. The summed E-state index contributed by atoms with van der Waals surface area (Å²) in [6.07, 6.45) is 2.49. The number of hydrogen-bond acceptors (Lipinski definition) is 8. The molecule has 3 rings (SSSR count). The number of rotatable bonds is 4. The van der Waals surface area contributed by atoms with Gasteiger partial charge in [-0.05, 0) is 6.07 Å². The second kappa shape index (κ2) is 6.46. The number of aromatic nitrogens is 1. The molecule has 1 atom stereocenters. The van der Waals surface area contributed by atoms with Crippen molar-refractivity contribution in [2.24, 2.45) is 0 Å². The Labute approximate surface area is 142 Å². The highest BCUT2D eigenvalue weighted by atomic mass is 32.2. The highest BCUT2D eigenvalue weighted by Gasteiger charge is 2.28. The molecule has 1 fully saturated rings. The van der Waals surface area contributed by atoms with E-state index in [1.165, 1.54) is 23.5 Å². The number of nitro benzene ring substituents is 1. The average molecular weight is 369 g/mol. The van der Waals surface area contributed by atoms with Crippen LogP contribution in [-0.2, 0) is 14.6 Å². The molecule has 0 saturated carbocycles. The van der Waals surface area contributed by atoms with Gasteiger partial charge in [-0.15, -0.1) is 11.3 Å². The van der Waals surface area contributed by atoms with Gasteiger partial charge in [0.15, 0.2) is 9.84 Å². The Kier molecular flexibility index (Phi) is 4.52. The quantitative estimate of drug-likeness (QED) is 0.600. The fourth-order valence-electron chi connectivity index (χ4n) is 2.59. The van der Waals surface area contributed by atoms with Crippen molar-refractivity contribution in [3.8, 4) is 0 Å². The zero-order chi connectivity index (χ0) is 17.3. The van der Waals surface area contributed by atoms with E-state index < -0.39 is 14.8 Å². The molecule has 0 spiro atoms. The maximum absolute atomic E-state index is 12.1. The molecular weight excluding hydrogens is 354 g/mol. The summed E-state index contributed by atoms with van der Waals surface area (Å²) in [6.45, 7) is 1.36. The lowest BCUT2D eigenvalue weighted by Gasteiger charge is -2.34. The summed E-state index contributed by atoms with van der Waals surface area (Å²) in [5, 5.41) is 13.6. The lowest BCUT2D eigenvalue weighted by molar-refractivity contribution is -0.385. The summed E-state index contributed by atoms with van der Waals surface area (Å²) < 4.78 is 29.9. The van der Waals surface area contributed by atoms with Crippen LogP contribution in [0.25, 0.3) is 0 Å². The van der Waals surface area contributed by atoms with Crippen molar-refractivity contribution in [1.82, 2.24) is 4.98 Å². The van der Waals surface area contributed by atoms with Gasteiger partial charge >= 0.3 is 0 Å². The third kappa shape index (κ3) is 3.40. The van der Waals surface area contributed by atoms with Gasteiger partial charge in [0.25, 0.3) is 5.69 Å². The van der Waals surface area contributed by atoms with E-state index in [1.54, 1.807) is 6.20 Å². The van der Waals surface area contributed by atoms with Crippen LogP contribution >= 0.6 is 11.3 Å². The van der Waals surface area contributed by atoms with Gasteiger partial charge < -0.3 is 9.64 Å². The number of hydrogen-bond donors (Lipinski definition) is 0. The smallest absolute Gasteiger partial charge is 0.270 e. The summed E-state index contributed by atoms with van der Waals surface area (Å²) in [7, 11) is -3.61. The van der Waals surface area contributed by atoms with E-state index in [2.05, 4.69) is 4.98 Å². The predicted octanol–water partition coefficient (Wildman–Crippen LogP) is 2.03. The first-order valence-corrected chi connectivity index (χ1v) is 9.88. The second-order valence-electron chi connectivity index (χ2n) is 5.36. The van der Waals surface area contributed by atoms with Crippen molar-refractivity contribution in [1.29, 1.82) is 0 Å². The molecule has 0 N–H and O–H groups in total. The molecule has 8 nitrogen and oxygen atoms in total. The van der Waals surface area contributed by atoms with E-state index >= 15 is 0 Å². The molecule has 1 aromatic carbocycles. The lowest BCUT2D eigenvalue weighted by Crippen LogP contribution is -2.39. The highest BCUT2D eigenvalue weighted by molar-refractivity contribution is 7.90. The third-order valence-corrected chi connectivity index (χ3v) is 5.68. The lowest BCUT2D eigenvalue weighted by atomic mass is 10.2. The Morgan fingerprint density at radius 1 is 1.46 bits per heavy atom. The van der Waals surface area contributed by atoms with Crippen LogP contribution in [0.2, 0.25) is 0 Å². The van der Waals surface area contributed by atoms with Crippen LogP contribution in [0.5, 0.6) is 0 Å². The number of morpholine rings is 1. The van der Waals surface area contributed by atoms with Gasteiger partial charge in [-0.2, -0.15) is 0 Å². The number of anilines is 1. The number of sulfone groups is 1. The molecule has 128 valence electrons. The van der Waals surface area contributed by atoms with Crippen LogP contribution in [-0.4, -0.2) is 44.3 Å². The van der Waals surface area contributed by atoms with E-state index in [9.17, 15) is 18.5 Å². The summed E-state index contributed by atoms with van der Waals surface area (Å²) in [5.41, 5.74) is 0.205. The molecular formula is C14H15N3O5S2. The van der Waals surface area contributed by atoms with Crippen molar-refractivity contribution in [3.63, 3.8) is 0 Å². The van der Waals surface area contributed by atoms with E-state index in [1.807, 2.05) is 10.3 Å². The van der Waals surface area contributed by atoms with Crippen molar-refractivity contribution in [2.45, 2.75) is 11.0 Å². The molecule has 0 aliphatic carbocycles. The van der Waals surface area contributed by atoms with Gasteiger partial charge in [0.05, 0.1) is 28.7 Å². The van der Waals surface area contributed by atoms with Gasteiger partial charge in [-0.1, -0.05) is 0 Å². The van der Waals surface area contributed by atoms with Crippen LogP contribution in [0.15, 0.2) is 34.7 Å². The Hall–Kier alpha value is -2.04. The SMILES string of the molecule is CS(=O)(=O)c1cc([N+](=O)[O-])ccc1N1CCOC(c2nccs2)C1. The Balaban J connectivity index is 1.97. The first kappa shape index (κ1) is 16.8. The Morgan fingerprint density at radius 2 is 2.25 bits per heavy atom. The summed E-state index contributed by atoms with van der Waals surface area (Å²) in [4.78, 5) is 16.4. The van der Waals surface area contributed by atoms with Crippen molar-refractivity contribution in [2.75, 3.05) is 30.9 Å². The molecule has 10 heteroatoms. The van der Waals surface area contributed by atoms with Gasteiger partial charge in [-0.25, -0.2) is 13.4 Å². The average Bonchev–Trinajstić information content (AvgIpc) is 3.08. The molecule has 1 aromatic heterocycles. The molecule has 0 bridgehead atoms. The maximum atomic E-state index is 12.1. The van der Waals surface area contributed by atoms with E-state index in [-0.39, 0.29) is 16.7 Å². The van der Waals surface area contributed by atoms with Crippen LogP contribution in [0.1, 0.15) is 11.1 Å². The Bertz CT molecular complexity index is 851. The molecule has 1 aliphatic heterocycles. The molecule has 1 unspecified atom stereocenters. The normalized spacial score (nSPS) is 18.5. The molecule has 24 heavy (non-hydrogen) atoms. The Morgan fingerprint density at radius 3 is 2.88 bits per heavy atom. The van der Waals surface area contributed by atoms with E-state index in [4.69, 9.17) is 4.74 Å². The van der Waals surface area contributed by atoms with E-state index in [0.717, 1.165) is 17.3 Å². The number of ether oxygens (including phenoxy) is 1. The van der Waals surface area contributed by atoms with Crippen molar-refractivity contribution < 1.29 is 18.1 Å². The third-order valence-electron chi connectivity index (χ3n) is 3.69.